The highest BCUT2D eigenvalue weighted by Gasteiger charge is 2.05. The number of carboxylic acids is 1. The minimum Gasteiger partial charge on any atom is -0.496 e. The Morgan fingerprint density at radius 2 is 1.81 bits per heavy atom. The van der Waals surface area contributed by atoms with E-state index in [0.717, 1.165) is 17.0 Å². The highest BCUT2D eigenvalue weighted by molar-refractivity contribution is 6.01. The maximum atomic E-state index is 10.8. The number of carbonyl (C=O) groups is 1. The molecule has 0 spiro atoms. The van der Waals surface area contributed by atoms with E-state index in [9.17, 15) is 4.79 Å². The highest BCUT2D eigenvalue weighted by atomic mass is 16.5. The van der Waals surface area contributed by atoms with Crippen molar-refractivity contribution in [1.82, 2.24) is 0 Å². The van der Waals surface area contributed by atoms with Crippen LogP contribution in [0.1, 0.15) is 22.8 Å². The second-order valence-electron chi connectivity index (χ2n) is 4.39. The number of nitrogens with one attached hydrogen (secondary N) is 1. The van der Waals surface area contributed by atoms with Crippen molar-refractivity contribution in [2.24, 2.45) is 5.10 Å². The molecule has 0 heterocycles. The summed E-state index contributed by atoms with van der Waals surface area (Å²) in [4.78, 5) is 10.8. The first-order valence-electron chi connectivity index (χ1n) is 6.39. The Balaban J connectivity index is 2.14. The summed E-state index contributed by atoms with van der Waals surface area (Å²) in [5.74, 6) is -0.197. The van der Waals surface area contributed by atoms with Gasteiger partial charge in [-0.05, 0) is 43.3 Å². The van der Waals surface area contributed by atoms with Crippen molar-refractivity contribution in [3.63, 3.8) is 0 Å². The maximum Gasteiger partial charge on any atom is 0.335 e. The van der Waals surface area contributed by atoms with Crippen molar-refractivity contribution in [2.75, 3.05) is 12.5 Å². The minimum absolute atomic E-state index is 0.242. The van der Waals surface area contributed by atoms with E-state index in [1.54, 1.807) is 19.2 Å². The minimum atomic E-state index is -0.949. The van der Waals surface area contributed by atoms with E-state index in [0.29, 0.717) is 5.69 Å². The van der Waals surface area contributed by atoms with Gasteiger partial charge in [-0.15, -0.1) is 0 Å². The molecular formula is C16H16N2O3. The van der Waals surface area contributed by atoms with Gasteiger partial charge in [0.25, 0.3) is 0 Å². The lowest BCUT2D eigenvalue weighted by molar-refractivity contribution is 0.0697. The third-order valence-electron chi connectivity index (χ3n) is 2.98. The Morgan fingerprint density at radius 3 is 2.43 bits per heavy atom. The number of hydrazone groups is 1. The number of methoxy groups -OCH3 is 1. The van der Waals surface area contributed by atoms with E-state index in [1.807, 2.05) is 31.2 Å². The van der Waals surface area contributed by atoms with Gasteiger partial charge in [0.05, 0.1) is 24.1 Å². The van der Waals surface area contributed by atoms with Crippen LogP contribution in [0.2, 0.25) is 0 Å². The first kappa shape index (κ1) is 14.6. The maximum absolute atomic E-state index is 10.8. The molecule has 2 aromatic rings. The Bertz CT molecular complexity index is 663. The molecule has 0 atom stereocenters. The van der Waals surface area contributed by atoms with Gasteiger partial charge in [-0.1, -0.05) is 12.1 Å². The van der Waals surface area contributed by atoms with Gasteiger partial charge >= 0.3 is 5.97 Å². The lowest BCUT2D eigenvalue weighted by atomic mass is 10.1. The van der Waals surface area contributed by atoms with Crippen molar-refractivity contribution in [2.45, 2.75) is 6.92 Å². The number of carboxylic acid groups (broad SMARTS) is 1. The van der Waals surface area contributed by atoms with Gasteiger partial charge in [-0.3, -0.25) is 5.43 Å². The number of hydrogen-bond acceptors (Lipinski definition) is 4. The van der Waals surface area contributed by atoms with Crippen LogP contribution in [0.25, 0.3) is 0 Å². The second kappa shape index (κ2) is 6.56. The predicted octanol–water partition coefficient (Wildman–Crippen LogP) is 3.23. The standard InChI is InChI=1S/C16H16N2O3/c1-11(14-5-3-4-6-15(14)21-2)17-18-13-9-7-12(8-10-13)16(19)20/h3-10,18H,1-2H3,(H,19,20)/b17-11-. The van der Waals surface area contributed by atoms with Gasteiger partial charge < -0.3 is 9.84 Å². The molecule has 0 bridgehead atoms. The summed E-state index contributed by atoms with van der Waals surface area (Å²) in [5.41, 5.74) is 5.53. The third-order valence-corrected chi connectivity index (χ3v) is 2.98. The molecule has 2 rings (SSSR count). The van der Waals surface area contributed by atoms with Gasteiger partial charge in [-0.2, -0.15) is 5.10 Å². The molecule has 0 radical (unpaired) electrons. The van der Waals surface area contributed by atoms with Crippen LogP contribution in [0.3, 0.4) is 0 Å². The zero-order valence-corrected chi connectivity index (χ0v) is 11.8. The first-order chi connectivity index (χ1) is 10.1. The van der Waals surface area contributed by atoms with Crippen LogP contribution in [0.15, 0.2) is 53.6 Å². The van der Waals surface area contributed by atoms with Crippen molar-refractivity contribution in [3.8, 4) is 5.75 Å². The average molecular weight is 284 g/mol. The molecule has 2 N–H and O–H groups in total. The van der Waals surface area contributed by atoms with Gasteiger partial charge in [0.2, 0.25) is 0 Å². The number of benzene rings is 2. The summed E-state index contributed by atoms with van der Waals surface area (Å²) in [5, 5.41) is 13.1. The van der Waals surface area contributed by atoms with Crippen molar-refractivity contribution in [3.05, 3.63) is 59.7 Å². The molecule has 0 unspecified atom stereocenters. The third kappa shape index (κ3) is 3.60. The van der Waals surface area contributed by atoms with Crippen LogP contribution in [0, 0.1) is 0 Å². The Hall–Kier alpha value is -2.82. The topological polar surface area (TPSA) is 70.9 Å². The molecule has 0 aliphatic rings. The number of ether oxygens (including phenoxy) is 1. The summed E-state index contributed by atoms with van der Waals surface area (Å²) < 4.78 is 5.29. The van der Waals surface area contributed by atoms with E-state index in [-0.39, 0.29) is 5.56 Å². The SMILES string of the molecule is COc1ccccc1/C(C)=N\Nc1ccc(C(=O)O)cc1. The molecular weight excluding hydrogens is 268 g/mol. The lowest BCUT2D eigenvalue weighted by Crippen LogP contribution is -2.02. The lowest BCUT2D eigenvalue weighted by Gasteiger charge is -2.08. The smallest absolute Gasteiger partial charge is 0.335 e. The van der Waals surface area contributed by atoms with E-state index in [4.69, 9.17) is 9.84 Å². The van der Waals surface area contributed by atoms with Crippen LogP contribution < -0.4 is 10.2 Å². The molecule has 0 fully saturated rings. The fraction of sp³-hybridized carbons (Fsp3) is 0.125. The zero-order valence-electron chi connectivity index (χ0n) is 11.8. The highest BCUT2D eigenvalue weighted by Crippen LogP contribution is 2.18. The molecule has 0 saturated carbocycles. The fourth-order valence-corrected chi connectivity index (χ4v) is 1.84. The summed E-state index contributed by atoms with van der Waals surface area (Å²) in [6.07, 6.45) is 0. The van der Waals surface area contributed by atoms with E-state index in [1.165, 1.54) is 12.1 Å². The first-order valence-corrected chi connectivity index (χ1v) is 6.39. The van der Waals surface area contributed by atoms with Crippen LogP contribution >= 0.6 is 0 Å². The molecule has 5 heteroatoms. The monoisotopic (exact) mass is 284 g/mol. The Morgan fingerprint density at radius 1 is 1.14 bits per heavy atom. The molecule has 0 amide bonds. The Kier molecular flexibility index (Phi) is 4.56. The van der Waals surface area contributed by atoms with Crippen molar-refractivity contribution in [1.29, 1.82) is 0 Å². The number of rotatable bonds is 5. The summed E-state index contributed by atoms with van der Waals surface area (Å²) in [6.45, 7) is 1.87. The van der Waals surface area contributed by atoms with Gasteiger partial charge in [0.1, 0.15) is 5.75 Å². The summed E-state index contributed by atoms with van der Waals surface area (Å²) >= 11 is 0. The fourth-order valence-electron chi connectivity index (χ4n) is 1.84. The molecule has 0 saturated heterocycles. The molecule has 0 aromatic heterocycles. The summed E-state index contributed by atoms with van der Waals surface area (Å²) in [7, 11) is 1.62. The van der Waals surface area contributed by atoms with Crippen LogP contribution in [-0.2, 0) is 0 Å². The van der Waals surface area contributed by atoms with Crippen LogP contribution in [-0.4, -0.2) is 23.9 Å². The number of para-hydroxylation sites is 1. The quantitative estimate of drug-likeness (QED) is 0.653. The molecule has 0 aliphatic carbocycles. The van der Waals surface area contributed by atoms with Gasteiger partial charge in [0, 0.05) is 5.56 Å². The molecule has 2 aromatic carbocycles. The van der Waals surface area contributed by atoms with Crippen molar-refractivity contribution >= 4 is 17.4 Å². The summed E-state index contributed by atoms with van der Waals surface area (Å²) in [6, 6.07) is 14.0. The van der Waals surface area contributed by atoms with Crippen LogP contribution in [0.4, 0.5) is 5.69 Å². The normalized spacial score (nSPS) is 11.0. The predicted molar refractivity (Wildman–Crippen MR) is 82.2 cm³/mol. The number of aromatic carboxylic acids is 1. The van der Waals surface area contributed by atoms with Gasteiger partial charge in [-0.25, -0.2) is 4.79 Å². The van der Waals surface area contributed by atoms with E-state index < -0.39 is 5.97 Å². The molecule has 108 valence electrons. The van der Waals surface area contributed by atoms with Crippen LogP contribution in [0.5, 0.6) is 5.75 Å². The second-order valence-corrected chi connectivity index (χ2v) is 4.39. The molecule has 0 aliphatic heterocycles. The van der Waals surface area contributed by atoms with Crippen molar-refractivity contribution < 1.29 is 14.6 Å². The number of nitrogens with zero attached hydrogens (tertiary/aromatic N) is 1. The van der Waals surface area contributed by atoms with E-state index >= 15 is 0 Å². The largest absolute Gasteiger partial charge is 0.496 e. The molecule has 21 heavy (non-hydrogen) atoms. The van der Waals surface area contributed by atoms with E-state index in [2.05, 4.69) is 10.5 Å². The average Bonchev–Trinajstić information content (AvgIpc) is 2.52. The van der Waals surface area contributed by atoms with Gasteiger partial charge in [0.15, 0.2) is 0 Å². The Labute approximate surface area is 122 Å². The molecule has 5 nitrogen and oxygen atoms in total. The number of anilines is 1. The number of hydrogen-bond donors (Lipinski definition) is 2. The zero-order chi connectivity index (χ0) is 15.2.